The summed E-state index contributed by atoms with van der Waals surface area (Å²) in [5.74, 6) is 0.175. The number of allylic oxidation sites excluding steroid dienone is 1. The predicted octanol–water partition coefficient (Wildman–Crippen LogP) is 2.34. The number of hydrogen-bond acceptors (Lipinski definition) is 2. The van der Waals surface area contributed by atoms with Crippen LogP contribution in [0, 0.1) is 0 Å². The second kappa shape index (κ2) is 6.14. The van der Waals surface area contributed by atoms with Crippen molar-refractivity contribution in [3.05, 3.63) is 48.0 Å². The summed E-state index contributed by atoms with van der Waals surface area (Å²) < 4.78 is 0. The van der Waals surface area contributed by atoms with E-state index in [2.05, 4.69) is 6.58 Å². The molecule has 0 aliphatic heterocycles. The number of Topliss-reactive ketones (excluding diaryl/α,β-unsaturated/α-hetero) is 1. The normalized spacial score (nSPS) is 9.93. The maximum absolute atomic E-state index is 11.6. The summed E-state index contributed by atoms with van der Waals surface area (Å²) in [4.78, 5) is 11.6. The highest BCUT2D eigenvalue weighted by atomic mass is 16.1. The lowest BCUT2D eigenvalue weighted by Gasteiger charge is -2.01. The molecule has 80 valence electrons. The number of benzene rings is 1. The van der Waals surface area contributed by atoms with Crippen LogP contribution in [0.2, 0.25) is 0 Å². The van der Waals surface area contributed by atoms with Gasteiger partial charge in [-0.1, -0.05) is 30.3 Å². The highest BCUT2D eigenvalue weighted by Crippen LogP contribution is 2.08. The highest BCUT2D eigenvalue weighted by molar-refractivity contribution is 5.96. The lowest BCUT2D eigenvalue weighted by molar-refractivity contribution is 0.0983. The van der Waals surface area contributed by atoms with E-state index in [9.17, 15) is 4.79 Å². The van der Waals surface area contributed by atoms with Crippen molar-refractivity contribution < 1.29 is 4.79 Å². The van der Waals surface area contributed by atoms with E-state index in [-0.39, 0.29) is 5.78 Å². The summed E-state index contributed by atoms with van der Waals surface area (Å²) in [5, 5.41) is 0. The number of carbonyl (C=O) groups is 1. The number of nitrogens with two attached hydrogens (primary N) is 1. The van der Waals surface area contributed by atoms with Gasteiger partial charge in [0.25, 0.3) is 0 Å². The Hall–Kier alpha value is -1.41. The van der Waals surface area contributed by atoms with Gasteiger partial charge in [0.2, 0.25) is 0 Å². The lowest BCUT2D eigenvalue weighted by Crippen LogP contribution is -2.03. The van der Waals surface area contributed by atoms with Crippen LogP contribution in [0.25, 0.3) is 0 Å². The molecule has 0 heterocycles. The standard InChI is InChI=1S/C13H17NO/c1-2-3-4-13(15)12-7-5-11(6-8-12)9-10-14/h2,5-8H,1,3-4,9-10,14H2. The van der Waals surface area contributed by atoms with Crippen molar-refractivity contribution in [2.45, 2.75) is 19.3 Å². The third-order valence-corrected chi connectivity index (χ3v) is 2.28. The van der Waals surface area contributed by atoms with Gasteiger partial charge in [-0.05, 0) is 24.9 Å². The van der Waals surface area contributed by atoms with E-state index in [0.29, 0.717) is 13.0 Å². The molecule has 0 radical (unpaired) electrons. The van der Waals surface area contributed by atoms with Gasteiger partial charge in [-0.15, -0.1) is 6.58 Å². The summed E-state index contributed by atoms with van der Waals surface area (Å²) in [5.41, 5.74) is 7.40. The Bertz CT molecular complexity index is 327. The molecule has 15 heavy (non-hydrogen) atoms. The number of ketones is 1. The van der Waals surface area contributed by atoms with Crippen molar-refractivity contribution in [1.29, 1.82) is 0 Å². The number of carbonyl (C=O) groups excluding carboxylic acids is 1. The maximum Gasteiger partial charge on any atom is 0.163 e. The Balaban J connectivity index is 2.62. The Morgan fingerprint density at radius 2 is 2.00 bits per heavy atom. The second-order valence-electron chi connectivity index (χ2n) is 3.49. The molecule has 0 spiro atoms. The Morgan fingerprint density at radius 3 is 2.53 bits per heavy atom. The molecular weight excluding hydrogens is 186 g/mol. The van der Waals surface area contributed by atoms with Crippen molar-refractivity contribution in [2.24, 2.45) is 5.73 Å². The molecule has 1 aromatic rings. The van der Waals surface area contributed by atoms with E-state index >= 15 is 0 Å². The number of rotatable bonds is 6. The fourth-order valence-corrected chi connectivity index (χ4v) is 1.40. The third-order valence-electron chi connectivity index (χ3n) is 2.28. The van der Waals surface area contributed by atoms with Gasteiger partial charge >= 0.3 is 0 Å². The van der Waals surface area contributed by atoms with E-state index in [1.165, 1.54) is 5.56 Å². The zero-order chi connectivity index (χ0) is 11.1. The Labute approximate surface area is 90.8 Å². The summed E-state index contributed by atoms with van der Waals surface area (Å²) in [7, 11) is 0. The molecule has 0 amide bonds. The molecular formula is C13H17NO. The molecule has 2 nitrogen and oxygen atoms in total. The summed E-state index contributed by atoms with van der Waals surface area (Å²) in [6.07, 6.45) is 3.91. The molecule has 0 saturated heterocycles. The highest BCUT2D eigenvalue weighted by Gasteiger charge is 2.03. The summed E-state index contributed by atoms with van der Waals surface area (Å²) >= 11 is 0. The molecule has 0 saturated carbocycles. The van der Waals surface area contributed by atoms with Crippen molar-refractivity contribution in [1.82, 2.24) is 0 Å². The molecule has 1 aromatic carbocycles. The van der Waals surface area contributed by atoms with Crippen LogP contribution in [-0.4, -0.2) is 12.3 Å². The van der Waals surface area contributed by atoms with E-state index in [1.807, 2.05) is 24.3 Å². The van der Waals surface area contributed by atoms with Gasteiger partial charge in [-0.2, -0.15) is 0 Å². The average Bonchev–Trinajstić information content (AvgIpc) is 2.27. The molecule has 0 atom stereocenters. The fourth-order valence-electron chi connectivity index (χ4n) is 1.40. The van der Waals surface area contributed by atoms with E-state index < -0.39 is 0 Å². The zero-order valence-electron chi connectivity index (χ0n) is 8.91. The van der Waals surface area contributed by atoms with Gasteiger partial charge in [0.15, 0.2) is 5.78 Å². The quantitative estimate of drug-likeness (QED) is 0.569. The van der Waals surface area contributed by atoms with Gasteiger partial charge in [0.05, 0.1) is 0 Å². The minimum atomic E-state index is 0.175. The molecule has 1 rings (SSSR count). The first-order valence-electron chi connectivity index (χ1n) is 5.21. The molecule has 0 unspecified atom stereocenters. The minimum absolute atomic E-state index is 0.175. The SMILES string of the molecule is C=CCCC(=O)c1ccc(CCN)cc1. The van der Waals surface area contributed by atoms with Crippen molar-refractivity contribution >= 4 is 5.78 Å². The van der Waals surface area contributed by atoms with Gasteiger partial charge in [-0.25, -0.2) is 0 Å². The molecule has 2 N–H and O–H groups in total. The minimum Gasteiger partial charge on any atom is -0.330 e. The van der Waals surface area contributed by atoms with Crippen LogP contribution in [0.5, 0.6) is 0 Å². The first kappa shape index (κ1) is 11.7. The van der Waals surface area contributed by atoms with Crippen molar-refractivity contribution in [2.75, 3.05) is 6.54 Å². The molecule has 2 heteroatoms. The van der Waals surface area contributed by atoms with Crippen LogP contribution in [0.1, 0.15) is 28.8 Å². The topological polar surface area (TPSA) is 43.1 Å². The van der Waals surface area contributed by atoms with Gasteiger partial charge in [-0.3, -0.25) is 4.79 Å². The van der Waals surface area contributed by atoms with E-state index in [1.54, 1.807) is 6.08 Å². The Kier molecular flexibility index (Phi) is 4.78. The van der Waals surface area contributed by atoms with Crippen LogP contribution < -0.4 is 5.73 Å². The van der Waals surface area contributed by atoms with Gasteiger partial charge in [0, 0.05) is 12.0 Å². The molecule has 0 aliphatic carbocycles. The van der Waals surface area contributed by atoms with Gasteiger partial charge in [0.1, 0.15) is 0 Å². The third kappa shape index (κ3) is 3.68. The van der Waals surface area contributed by atoms with Crippen LogP contribution >= 0.6 is 0 Å². The fraction of sp³-hybridized carbons (Fsp3) is 0.308. The Morgan fingerprint density at radius 1 is 1.33 bits per heavy atom. The molecule has 0 aliphatic rings. The lowest BCUT2D eigenvalue weighted by atomic mass is 10.0. The van der Waals surface area contributed by atoms with Crippen LogP contribution in [0.15, 0.2) is 36.9 Å². The van der Waals surface area contributed by atoms with Crippen molar-refractivity contribution in [3.8, 4) is 0 Å². The number of hydrogen-bond donors (Lipinski definition) is 1. The van der Waals surface area contributed by atoms with Crippen LogP contribution in [-0.2, 0) is 6.42 Å². The van der Waals surface area contributed by atoms with Crippen LogP contribution in [0.3, 0.4) is 0 Å². The van der Waals surface area contributed by atoms with E-state index in [4.69, 9.17) is 5.73 Å². The second-order valence-corrected chi connectivity index (χ2v) is 3.49. The van der Waals surface area contributed by atoms with E-state index in [0.717, 1.165) is 18.4 Å². The molecule has 0 aromatic heterocycles. The van der Waals surface area contributed by atoms with Gasteiger partial charge < -0.3 is 5.73 Å². The predicted molar refractivity (Wildman–Crippen MR) is 63.0 cm³/mol. The zero-order valence-corrected chi connectivity index (χ0v) is 8.91. The first-order valence-corrected chi connectivity index (χ1v) is 5.21. The van der Waals surface area contributed by atoms with Crippen LogP contribution in [0.4, 0.5) is 0 Å². The smallest absolute Gasteiger partial charge is 0.163 e. The monoisotopic (exact) mass is 203 g/mol. The molecule has 0 bridgehead atoms. The molecule has 0 fully saturated rings. The summed E-state index contributed by atoms with van der Waals surface area (Å²) in [6.45, 7) is 4.24. The first-order chi connectivity index (χ1) is 7.27. The maximum atomic E-state index is 11.6. The average molecular weight is 203 g/mol. The largest absolute Gasteiger partial charge is 0.330 e. The van der Waals surface area contributed by atoms with Crippen molar-refractivity contribution in [3.63, 3.8) is 0 Å². The summed E-state index contributed by atoms with van der Waals surface area (Å²) in [6, 6.07) is 7.68.